The number of nitrogens with one attached hydrogen (secondary N) is 2. The first-order valence-electron chi connectivity index (χ1n) is 10.9. The lowest BCUT2D eigenvalue weighted by atomic mass is 10.1. The third-order valence-electron chi connectivity index (χ3n) is 6.35. The average Bonchev–Trinajstić information content (AvgIpc) is 3.47. The number of carbonyl (C=O) groups excluding carboxylic acids is 1. The van der Waals surface area contributed by atoms with Crippen molar-refractivity contribution < 1.29 is 9.18 Å². The Hall–Kier alpha value is -2.34. The van der Waals surface area contributed by atoms with Crippen LogP contribution in [0.5, 0.6) is 0 Å². The topological polar surface area (TPSA) is 44.4 Å². The molecule has 2 heterocycles. The molecule has 0 unspecified atom stereocenters. The van der Waals surface area contributed by atoms with E-state index in [0.29, 0.717) is 5.92 Å². The van der Waals surface area contributed by atoms with Crippen LogP contribution < -0.4 is 25.3 Å². The van der Waals surface area contributed by atoms with E-state index in [4.69, 9.17) is 0 Å². The number of nitrogens with zero attached hydrogens (tertiary/aromatic N) is 1. The number of hydrogen-bond donors (Lipinski definition) is 2. The lowest BCUT2D eigenvalue weighted by Crippen LogP contribution is -2.38. The lowest BCUT2D eigenvalue weighted by Gasteiger charge is -2.23. The summed E-state index contributed by atoms with van der Waals surface area (Å²) in [6, 6.07) is 4.98. The molecule has 2 N–H and O–H groups in total. The molecule has 0 bridgehead atoms. The van der Waals surface area contributed by atoms with Crippen LogP contribution in [0.15, 0.2) is 18.2 Å². The molecule has 1 aliphatic heterocycles. The molecule has 4 rings (SSSR count). The Kier molecular flexibility index (Phi) is 6.14. The van der Waals surface area contributed by atoms with E-state index >= 15 is 0 Å². The highest BCUT2D eigenvalue weighted by atomic mass is 32.1. The van der Waals surface area contributed by atoms with Crippen molar-refractivity contribution in [2.24, 2.45) is 5.92 Å². The van der Waals surface area contributed by atoms with Crippen LogP contribution in [0.2, 0.25) is 0 Å². The van der Waals surface area contributed by atoms with E-state index in [9.17, 15) is 9.18 Å². The van der Waals surface area contributed by atoms with E-state index in [-0.39, 0.29) is 11.7 Å². The third kappa shape index (κ3) is 3.85. The Morgan fingerprint density at radius 1 is 1.33 bits per heavy atom. The first-order chi connectivity index (χ1) is 14.5. The lowest BCUT2D eigenvalue weighted by molar-refractivity contribution is 0.0951. The quantitative estimate of drug-likeness (QED) is 0.770. The predicted molar refractivity (Wildman–Crippen MR) is 123 cm³/mol. The summed E-state index contributed by atoms with van der Waals surface area (Å²) in [6.07, 6.45) is 7.87. The zero-order valence-electron chi connectivity index (χ0n) is 18.0. The molecule has 30 heavy (non-hydrogen) atoms. The normalized spacial score (nSPS) is 18.0. The Bertz CT molecular complexity index is 1070. The maximum Gasteiger partial charge on any atom is 0.261 e. The maximum atomic E-state index is 13.7. The molecule has 4 nitrogen and oxygen atoms in total. The van der Waals surface area contributed by atoms with Gasteiger partial charge in [-0.15, -0.1) is 11.3 Å². The van der Waals surface area contributed by atoms with Gasteiger partial charge in [-0.25, -0.2) is 4.39 Å². The number of carbonyl (C=O) groups is 1. The Morgan fingerprint density at radius 2 is 2.10 bits per heavy atom. The third-order valence-corrected chi connectivity index (χ3v) is 7.70. The molecule has 1 fully saturated rings. The Morgan fingerprint density at radius 3 is 2.80 bits per heavy atom. The second-order valence-corrected chi connectivity index (χ2v) is 9.27. The fourth-order valence-corrected chi connectivity index (χ4v) is 5.89. The molecule has 0 atom stereocenters. The molecule has 1 amide bonds. The minimum absolute atomic E-state index is 0.0260. The predicted octanol–water partition coefficient (Wildman–Crippen LogP) is 3.26. The van der Waals surface area contributed by atoms with Gasteiger partial charge in [-0.05, 0) is 68.4 Å². The summed E-state index contributed by atoms with van der Waals surface area (Å²) in [4.78, 5) is 16.0. The molecule has 0 saturated heterocycles. The number of halogens is 1. The van der Waals surface area contributed by atoms with Crippen molar-refractivity contribution in [2.45, 2.75) is 46.0 Å². The number of rotatable bonds is 5. The van der Waals surface area contributed by atoms with E-state index in [1.165, 1.54) is 31.7 Å². The van der Waals surface area contributed by atoms with Crippen LogP contribution in [0, 0.1) is 18.7 Å². The highest BCUT2D eigenvalue weighted by Gasteiger charge is 2.25. The molecule has 2 aromatic rings. The number of thiophene rings is 1. The molecular weight excluding hydrogens is 397 g/mol. The van der Waals surface area contributed by atoms with Gasteiger partial charge in [0.1, 0.15) is 11.6 Å². The van der Waals surface area contributed by atoms with Crippen molar-refractivity contribution in [3.63, 3.8) is 0 Å². The second kappa shape index (κ2) is 8.80. The van der Waals surface area contributed by atoms with Gasteiger partial charge in [0.25, 0.3) is 5.91 Å². The van der Waals surface area contributed by atoms with Crippen LogP contribution in [0.25, 0.3) is 11.9 Å². The highest BCUT2D eigenvalue weighted by Crippen LogP contribution is 2.31. The van der Waals surface area contributed by atoms with Gasteiger partial charge in [-0.1, -0.05) is 18.9 Å². The summed E-state index contributed by atoms with van der Waals surface area (Å²) in [5, 5.41) is 7.59. The number of anilines is 1. The summed E-state index contributed by atoms with van der Waals surface area (Å²) < 4.78 is 14.7. The summed E-state index contributed by atoms with van der Waals surface area (Å²) in [6.45, 7) is 5.60. The molecule has 1 saturated carbocycles. The molecule has 6 heteroatoms. The van der Waals surface area contributed by atoms with Gasteiger partial charge in [0, 0.05) is 35.6 Å². The summed E-state index contributed by atoms with van der Waals surface area (Å²) in [5.41, 5.74) is 3.05. The fourth-order valence-electron chi connectivity index (χ4n) is 4.78. The minimum Gasteiger partial charge on any atom is -0.374 e. The standard InChI is InChI=1S/C24H30FN3OS/c1-4-20-21(15(2)22(30-20)24(29)27-14-16-7-5-6-8-16)23(26-3)28-12-11-17-13-18(25)9-10-19(17)28/h4,9-10,13,16,26H,5-8,11-12,14H2,1-3H3,(H,27,29)/b20-4+,23-21+. The van der Waals surface area contributed by atoms with E-state index < -0.39 is 0 Å². The molecule has 2 aliphatic rings. The molecule has 1 aromatic heterocycles. The molecule has 0 radical (unpaired) electrons. The zero-order chi connectivity index (χ0) is 21.3. The number of hydrogen-bond acceptors (Lipinski definition) is 4. The zero-order valence-corrected chi connectivity index (χ0v) is 18.8. The van der Waals surface area contributed by atoms with Gasteiger partial charge in [0.2, 0.25) is 0 Å². The van der Waals surface area contributed by atoms with E-state index in [1.54, 1.807) is 17.4 Å². The molecular formula is C24H30FN3OS. The van der Waals surface area contributed by atoms with E-state index in [2.05, 4.69) is 21.6 Å². The van der Waals surface area contributed by atoms with E-state index in [0.717, 1.165) is 56.8 Å². The molecule has 0 spiro atoms. The van der Waals surface area contributed by atoms with Gasteiger partial charge >= 0.3 is 0 Å². The van der Waals surface area contributed by atoms with Crippen LogP contribution >= 0.6 is 11.3 Å². The monoisotopic (exact) mass is 427 g/mol. The van der Waals surface area contributed by atoms with Crippen molar-refractivity contribution in [3.8, 4) is 0 Å². The van der Waals surface area contributed by atoms with Crippen molar-refractivity contribution in [1.29, 1.82) is 0 Å². The van der Waals surface area contributed by atoms with Gasteiger partial charge in [-0.3, -0.25) is 4.79 Å². The smallest absolute Gasteiger partial charge is 0.261 e. The highest BCUT2D eigenvalue weighted by molar-refractivity contribution is 7.12. The fraction of sp³-hybridized carbons (Fsp3) is 0.458. The summed E-state index contributed by atoms with van der Waals surface area (Å²) in [5.74, 6) is 1.42. The number of amides is 1. The van der Waals surface area contributed by atoms with Crippen LogP contribution in [-0.4, -0.2) is 26.0 Å². The Balaban J connectivity index is 1.72. The van der Waals surface area contributed by atoms with Crippen molar-refractivity contribution >= 4 is 34.8 Å². The van der Waals surface area contributed by atoms with E-state index in [1.807, 2.05) is 27.0 Å². The maximum absolute atomic E-state index is 13.7. The molecule has 1 aromatic carbocycles. The SMILES string of the molecule is C/C=c1/sc(C(=O)NCC2CCCC2)c(C)/c1=C(/NC)N1CCc2cc(F)ccc21. The summed E-state index contributed by atoms with van der Waals surface area (Å²) >= 11 is 1.55. The van der Waals surface area contributed by atoms with Crippen LogP contribution in [0.4, 0.5) is 10.1 Å². The minimum atomic E-state index is -0.197. The van der Waals surface area contributed by atoms with Crippen molar-refractivity contribution in [3.05, 3.63) is 49.8 Å². The number of benzene rings is 1. The first kappa shape index (κ1) is 20.9. The first-order valence-corrected chi connectivity index (χ1v) is 11.7. The van der Waals surface area contributed by atoms with Crippen LogP contribution in [0.1, 0.15) is 53.4 Å². The molecule has 160 valence electrons. The van der Waals surface area contributed by atoms with Gasteiger partial charge in [-0.2, -0.15) is 0 Å². The summed E-state index contributed by atoms with van der Waals surface area (Å²) in [7, 11) is 1.91. The van der Waals surface area contributed by atoms with Crippen molar-refractivity contribution in [1.82, 2.24) is 10.6 Å². The second-order valence-electron chi connectivity index (χ2n) is 8.22. The van der Waals surface area contributed by atoms with Crippen LogP contribution in [-0.2, 0) is 6.42 Å². The van der Waals surface area contributed by atoms with Gasteiger partial charge in [0.15, 0.2) is 0 Å². The van der Waals surface area contributed by atoms with Gasteiger partial charge in [0.05, 0.1) is 4.88 Å². The average molecular weight is 428 g/mol. The van der Waals surface area contributed by atoms with Crippen LogP contribution in [0.3, 0.4) is 0 Å². The largest absolute Gasteiger partial charge is 0.374 e. The number of fused-ring (bicyclic) bond motifs is 1. The Labute approximate surface area is 181 Å². The molecule has 1 aliphatic carbocycles. The van der Waals surface area contributed by atoms with Crippen molar-refractivity contribution in [2.75, 3.05) is 25.0 Å². The van der Waals surface area contributed by atoms with Gasteiger partial charge < -0.3 is 15.5 Å².